The second-order valence-corrected chi connectivity index (χ2v) is 9.28. The topological polar surface area (TPSA) is 125 Å². The normalized spacial score (nSPS) is 21.3. The predicted molar refractivity (Wildman–Crippen MR) is 125 cm³/mol. The third-order valence-corrected chi connectivity index (χ3v) is 6.98. The van der Waals surface area contributed by atoms with E-state index in [1.54, 1.807) is 36.4 Å². The molecule has 1 aliphatic heterocycles. The molecule has 0 atom stereocenters. The first-order chi connectivity index (χ1) is 17.6. The molecule has 5 rings (SSSR count). The van der Waals surface area contributed by atoms with E-state index in [-0.39, 0.29) is 17.7 Å². The van der Waals surface area contributed by atoms with Crippen molar-refractivity contribution in [2.24, 2.45) is 0 Å². The Morgan fingerprint density at radius 1 is 1.19 bits per heavy atom. The van der Waals surface area contributed by atoms with Gasteiger partial charge in [0.2, 0.25) is 11.8 Å². The smallest absolute Gasteiger partial charge is 0.405 e. The molecule has 1 aliphatic carbocycles. The fraction of sp³-hybridized carbons (Fsp3) is 0.360. The average Bonchev–Trinajstić information content (AvgIpc) is 3.38. The summed E-state index contributed by atoms with van der Waals surface area (Å²) in [5.74, 6) is -1.86. The lowest BCUT2D eigenvalue weighted by atomic mass is 9.69. The number of alkyl halides is 3. The molecule has 3 aromatic rings. The van der Waals surface area contributed by atoms with E-state index in [0.29, 0.717) is 48.0 Å². The Labute approximate surface area is 208 Å². The molecule has 0 saturated heterocycles. The number of aromatic nitrogens is 2. The third kappa shape index (κ3) is 4.58. The van der Waals surface area contributed by atoms with Crippen molar-refractivity contribution in [1.82, 2.24) is 15.5 Å². The lowest BCUT2D eigenvalue weighted by molar-refractivity contribution is -0.138. The van der Waals surface area contributed by atoms with Crippen molar-refractivity contribution in [3.8, 4) is 5.75 Å². The van der Waals surface area contributed by atoms with Crippen LogP contribution in [-0.2, 0) is 15.0 Å². The number of benzene rings is 2. The van der Waals surface area contributed by atoms with Gasteiger partial charge in [0.25, 0.3) is 0 Å². The Hall–Kier alpha value is -4.09. The number of amides is 2. The number of carboxylic acids is 1. The van der Waals surface area contributed by atoms with Gasteiger partial charge in [-0.1, -0.05) is 18.2 Å². The highest BCUT2D eigenvalue weighted by Crippen LogP contribution is 2.50. The van der Waals surface area contributed by atoms with E-state index in [1.165, 1.54) is 4.90 Å². The van der Waals surface area contributed by atoms with E-state index in [9.17, 15) is 32.7 Å². The second kappa shape index (κ2) is 9.09. The molecule has 0 radical (unpaired) electrons. The zero-order valence-corrected chi connectivity index (χ0v) is 19.5. The van der Waals surface area contributed by atoms with Crippen LogP contribution in [0.1, 0.15) is 41.7 Å². The van der Waals surface area contributed by atoms with E-state index in [2.05, 4.69) is 10.2 Å². The van der Waals surface area contributed by atoms with Crippen LogP contribution in [0.3, 0.4) is 0 Å². The average molecular weight is 516 g/mol. The number of aromatic carboxylic acids is 1. The lowest BCUT2D eigenvalue weighted by Crippen LogP contribution is -2.48. The first-order valence-electron chi connectivity index (χ1n) is 11.7. The van der Waals surface area contributed by atoms with Gasteiger partial charge in [0.1, 0.15) is 18.8 Å². The number of hydrogen-bond donors (Lipinski definition) is 3. The van der Waals surface area contributed by atoms with Gasteiger partial charge in [0.05, 0.1) is 17.0 Å². The number of nitrogens with zero attached hydrogens (tertiary/aromatic N) is 2. The molecule has 0 unspecified atom stereocenters. The van der Waals surface area contributed by atoms with Gasteiger partial charge in [-0.25, -0.2) is 4.79 Å². The number of carboxylic acid groups (broad SMARTS) is 1. The number of para-hydroxylation sites is 1. The van der Waals surface area contributed by atoms with Gasteiger partial charge >= 0.3 is 12.1 Å². The molecule has 2 aliphatic rings. The standard InChI is InChI=1S/C25H23F3N4O5/c26-25(27,28)13-29-20(33)12-32-19-4-2-1-3-17(19)24(23(32)36)9-7-14(8-10-24)37-15-5-6-18-16(11-15)21(22(34)35)31-30-18/h1-6,11,14H,7-10,12-13H2,(H,29,33)(H,30,31)(H,34,35). The molecule has 1 saturated carbocycles. The first-order valence-corrected chi connectivity index (χ1v) is 11.7. The maximum atomic E-state index is 13.6. The summed E-state index contributed by atoms with van der Waals surface area (Å²) >= 11 is 0. The summed E-state index contributed by atoms with van der Waals surface area (Å²) in [5.41, 5.74) is 0.871. The monoisotopic (exact) mass is 516 g/mol. The number of ether oxygens (including phenoxy) is 1. The fourth-order valence-corrected chi connectivity index (χ4v) is 5.26. The number of anilines is 1. The Kier molecular flexibility index (Phi) is 6.04. The van der Waals surface area contributed by atoms with Gasteiger partial charge < -0.3 is 20.1 Å². The third-order valence-electron chi connectivity index (χ3n) is 6.98. The van der Waals surface area contributed by atoms with Gasteiger partial charge in [0.15, 0.2) is 5.69 Å². The maximum absolute atomic E-state index is 13.6. The molecule has 9 nitrogen and oxygen atoms in total. The van der Waals surface area contributed by atoms with Crippen molar-refractivity contribution in [2.45, 2.75) is 43.4 Å². The van der Waals surface area contributed by atoms with Crippen molar-refractivity contribution in [1.29, 1.82) is 0 Å². The number of fused-ring (bicyclic) bond motifs is 3. The minimum atomic E-state index is -4.54. The molecule has 2 amide bonds. The van der Waals surface area contributed by atoms with E-state index in [1.807, 2.05) is 11.4 Å². The second-order valence-electron chi connectivity index (χ2n) is 9.28. The van der Waals surface area contributed by atoms with Crippen molar-refractivity contribution in [3.63, 3.8) is 0 Å². The molecular formula is C25H23F3N4O5. The summed E-state index contributed by atoms with van der Waals surface area (Å²) < 4.78 is 43.6. The largest absolute Gasteiger partial charge is 0.490 e. The minimum absolute atomic E-state index is 0.101. The van der Waals surface area contributed by atoms with E-state index in [4.69, 9.17) is 4.74 Å². The molecule has 2 aromatic carbocycles. The zero-order chi connectivity index (χ0) is 26.4. The van der Waals surface area contributed by atoms with E-state index in [0.717, 1.165) is 5.56 Å². The molecule has 1 fully saturated rings. The van der Waals surface area contributed by atoms with Crippen molar-refractivity contribution in [2.75, 3.05) is 18.0 Å². The van der Waals surface area contributed by atoms with Crippen LogP contribution in [0, 0.1) is 0 Å². The Morgan fingerprint density at radius 3 is 2.62 bits per heavy atom. The molecule has 3 N–H and O–H groups in total. The minimum Gasteiger partial charge on any atom is -0.490 e. The molecule has 2 heterocycles. The molecule has 194 valence electrons. The van der Waals surface area contributed by atoms with Crippen LogP contribution in [0.4, 0.5) is 18.9 Å². The van der Waals surface area contributed by atoms with Crippen LogP contribution in [-0.4, -0.2) is 58.5 Å². The predicted octanol–water partition coefficient (Wildman–Crippen LogP) is 3.55. The number of H-pyrrole nitrogens is 1. The first kappa shape index (κ1) is 24.6. The summed E-state index contributed by atoms with van der Waals surface area (Å²) in [5, 5.41) is 18.0. The van der Waals surface area contributed by atoms with E-state index < -0.39 is 36.6 Å². The SMILES string of the molecule is O=C(CN1C(=O)C2(CCC(Oc3ccc4[nH]nc(C(=O)O)c4c3)CC2)c2ccccc21)NCC(F)(F)F. The summed E-state index contributed by atoms with van der Waals surface area (Å²) in [6, 6.07) is 12.1. The molecule has 0 bridgehead atoms. The van der Waals surface area contributed by atoms with Gasteiger partial charge in [-0.15, -0.1) is 0 Å². The highest BCUT2D eigenvalue weighted by Gasteiger charge is 2.52. The van der Waals surface area contributed by atoms with Crippen LogP contribution in [0.5, 0.6) is 5.75 Å². The number of hydrogen-bond acceptors (Lipinski definition) is 5. The van der Waals surface area contributed by atoms with Crippen molar-refractivity contribution < 1.29 is 37.4 Å². The summed E-state index contributed by atoms with van der Waals surface area (Å²) in [6.07, 6.45) is -2.87. The Bertz CT molecular complexity index is 1380. The van der Waals surface area contributed by atoms with Crippen LogP contribution < -0.4 is 15.0 Å². The number of halogens is 3. The van der Waals surface area contributed by atoms with Gasteiger partial charge in [0, 0.05) is 11.1 Å². The van der Waals surface area contributed by atoms with Crippen LogP contribution in [0.15, 0.2) is 42.5 Å². The van der Waals surface area contributed by atoms with Crippen LogP contribution >= 0.6 is 0 Å². The summed E-state index contributed by atoms with van der Waals surface area (Å²) in [4.78, 5) is 38.4. The molecule has 1 spiro atoms. The lowest BCUT2D eigenvalue weighted by Gasteiger charge is -2.36. The zero-order valence-electron chi connectivity index (χ0n) is 19.5. The number of aromatic amines is 1. The highest BCUT2D eigenvalue weighted by atomic mass is 19.4. The van der Waals surface area contributed by atoms with Gasteiger partial charge in [-0.05, 0) is 55.5 Å². The number of rotatable bonds is 6. The van der Waals surface area contributed by atoms with Crippen molar-refractivity contribution in [3.05, 3.63) is 53.7 Å². The number of nitrogens with one attached hydrogen (secondary N) is 2. The Balaban J connectivity index is 1.30. The van der Waals surface area contributed by atoms with E-state index >= 15 is 0 Å². The summed E-state index contributed by atoms with van der Waals surface area (Å²) in [6.45, 7) is -1.96. The molecule has 1 aromatic heterocycles. The van der Waals surface area contributed by atoms with Crippen LogP contribution in [0.2, 0.25) is 0 Å². The molecule has 12 heteroatoms. The summed E-state index contributed by atoms with van der Waals surface area (Å²) in [7, 11) is 0. The fourth-order valence-electron chi connectivity index (χ4n) is 5.26. The van der Waals surface area contributed by atoms with Gasteiger partial charge in [-0.2, -0.15) is 18.3 Å². The maximum Gasteiger partial charge on any atom is 0.405 e. The number of carbonyl (C=O) groups excluding carboxylic acids is 2. The van der Waals surface area contributed by atoms with Crippen molar-refractivity contribution >= 4 is 34.4 Å². The molecule has 37 heavy (non-hydrogen) atoms. The quantitative estimate of drug-likeness (QED) is 0.460. The number of carbonyl (C=O) groups is 3. The van der Waals surface area contributed by atoms with Crippen LogP contribution in [0.25, 0.3) is 10.9 Å². The highest BCUT2D eigenvalue weighted by molar-refractivity contribution is 6.10. The molecular weight excluding hydrogens is 493 g/mol. The van der Waals surface area contributed by atoms with Gasteiger partial charge in [-0.3, -0.25) is 14.7 Å². The Morgan fingerprint density at radius 2 is 1.92 bits per heavy atom.